The van der Waals surface area contributed by atoms with Crippen LogP contribution in [-0.2, 0) is 0 Å². The van der Waals surface area contributed by atoms with Gasteiger partial charge in [0.15, 0.2) is 0 Å². The maximum atomic E-state index is 5.42. The van der Waals surface area contributed by atoms with E-state index in [1.54, 1.807) is 25.7 Å². The molecule has 0 radical (unpaired) electrons. The van der Waals surface area contributed by atoms with Crippen molar-refractivity contribution in [3.63, 3.8) is 0 Å². The first-order chi connectivity index (χ1) is 13.3. The highest BCUT2D eigenvalue weighted by Crippen LogP contribution is 2.29. The second-order valence-corrected chi connectivity index (χ2v) is 5.76. The predicted octanol–water partition coefficient (Wildman–Crippen LogP) is 4.35. The van der Waals surface area contributed by atoms with Gasteiger partial charge in [-0.05, 0) is 30.3 Å². The summed E-state index contributed by atoms with van der Waals surface area (Å²) >= 11 is 0. The number of hydrogen-bond acceptors (Lipinski definition) is 6. The lowest BCUT2D eigenvalue weighted by Gasteiger charge is -2.10. The zero-order valence-corrected chi connectivity index (χ0v) is 14.7. The van der Waals surface area contributed by atoms with Crippen LogP contribution in [0.5, 0.6) is 5.75 Å². The second-order valence-electron chi connectivity index (χ2n) is 5.76. The topological polar surface area (TPSA) is 72.8 Å². The van der Waals surface area contributed by atoms with Gasteiger partial charge in [0, 0.05) is 29.7 Å². The molecule has 0 saturated carbocycles. The molecule has 0 unspecified atom stereocenters. The van der Waals surface area contributed by atoms with Crippen molar-refractivity contribution in [3.05, 3.63) is 79.4 Å². The quantitative estimate of drug-likeness (QED) is 0.574. The molecule has 6 nitrogen and oxygen atoms in total. The molecule has 4 rings (SSSR count). The minimum atomic E-state index is 0.690. The zero-order chi connectivity index (χ0) is 18.5. The molecular formula is C21H17N5O. The molecule has 132 valence electrons. The molecule has 0 spiro atoms. The number of benzene rings is 1. The van der Waals surface area contributed by atoms with Gasteiger partial charge in [0.2, 0.25) is 0 Å². The molecule has 0 saturated heterocycles. The maximum absolute atomic E-state index is 5.42. The van der Waals surface area contributed by atoms with E-state index < -0.39 is 0 Å². The number of anilines is 2. The lowest BCUT2D eigenvalue weighted by molar-refractivity contribution is 0.416. The summed E-state index contributed by atoms with van der Waals surface area (Å²) in [5.41, 5.74) is 3.46. The van der Waals surface area contributed by atoms with Gasteiger partial charge in [-0.1, -0.05) is 24.3 Å². The van der Waals surface area contributed by atoms with E-state index >= 15 is 0 Å². The first-order valence-corrected chi connectivity index (χ1v) is 8.43. The summed E-state index contributed by atoms with van der Waals surface area (Å²) in [5.74, 6) is 2.21. The third kappa shape index (κ3) is 3.74. The summed E-state index contributed by atoms with van der Waals surface area (Å²) in [6.07, 6.45) is 6.78. The number of methoxy groups -OCH3 is 1. The van der Waals surface area contributed by atoms with E-state index in [9.17, 15) is 0 Å². The van der Waals surface area contributed by atoms with Crippen LogP contribution in [0, 0.1) is 0 Å². The highest BCUT2D eigenvalue weighted by molar-refractivity contribution is 5.71. The van der Waals surface area contributed by atoms with Crippen molar-refractivity contribution >= 4 is 11.6 Å². The van der Waals surface area contributed by atoms with Crippen molar-refractivity contribution in [1.82, 2.24) is 19.9 Å². The van der Waals surface area contributed by atoms with Crippen LogP contribution in [0.3, 0.4) is 0 Å². The van der Waals surface area contributed by atoms with Crippen molar-refractivity contribution in [3.8, 4) is 28.3 Å². The number of pyridine rings is 2. The Labute approximate surface area is 157 Å². The van der Waals surface area contributed by atoms with E-state index in [4.69, 9.17) is 4.74 Å². The van der Waals surface area contributed by atoms with E-state index in [1.165, 1.54) is 0 Å². The summed E-state index contributed by atoms with van der Waals surface area (Å²) in [7, 11) is 1.66. The van der Waals surface area contributed by atoms with Gasteiger partial charge in [0.05, 0.1) is 19.0 Å². The number of ether oxygens (including phenoxy) is 1. The maximum Gasteiger partial charge on any atom is 0.132 e. The van der Waals surface area contributed by atoms with E-state index in [-0.39, 0.29) is 0 Å². The fraction of sp³-hybridized carbons (Fsp3) is 0.0476. The normalized spacial score (nSPS) is 10.4. The minimum Gasteiger partial charge on any atom is -0.496 e. The Balaban J connectivity index is 1.56. The Morgan fingerprint density at radius 3 is 2.48 bits per heavy atom. The first kappa shape index (κ1) is 16.7. The Bertz CT molecular complexity index is 1040. The van der Waals surface area contributed by atoms with Crippen LogP contribution in [0.2, 0.25) is 0 Å². The number of nitrogens with zero attached hydrogens (tertiary/aromatic N) is 4. The Morgan fingerprint density at radius 1 is 0.778 bits per heavy atom. The van der Waals surface area contributed by atoms with Gasteiger partial charge in [-0.15, -0.1) is 0 Å². The predicted molar refractivity (Wildman–Crippen MR) is 105 cm³/mol. The molecule has 3 heterocycles. The second kappa shape index (κ2) is 7.61. The largest absolute Gasteiger partial charge is 0.496 e. The molecular weight excluding hydrogens is 338 g/mol. The lowest BCUT2D eigenvalue weighted by atomic mass is 10.1. The molecule has 27 heavy (non-hydrogen) atoms. The Kier molecular flexibility index (Phi) is 4.70. The first-order valence-electron chi connectivity index (χ1n) is 8.43. The van der Waals surface area contributed by atoms with Crippen LogP contribution >= 0.6 is 0 Å². The summed E-state index contributed by atoms with van der Waals surface area (Å²) in [5, 5.41) is 3.22. The molecule has 1 N–H and O–H groups in total. The van der Waals surface area contributed by atoms with Crippen LogP contribution in [0.25, 0.3) is 22.5 Å². The minimum absolute atomic E-state index is 0.690. The molecule has 0 bridgehead atoms. The van der Waals surface area contributed by atoms with Crippen molar-refractivity contribution in [2.24, 2.45) is 0 Å². The molecule has 0 aliphatic rings. The van der Waals surface area contributed by atoms with E-state index in [1.807, 2.05) is 60.8 Å². The Hall–Kier alpha value is -3.80. The van der Waals surface area contributed by atoms with Crippen molar-refractivity contribution < 1.29 is 4.74 Å². The molecule has 0 aliphatic heterocycles. The summed E-state index contributed by atoms with van der Waals surface area (Å²) in [6.45, 7) is 0. The molecule has 3 aromatic heterocycles. The van der Waals surface area contributed by atoms with Gasteiger partial charge in [-0.3, -0.25) is 9.97 Å². The van der Waals surface area contributed by atoms with Gasteiger partial charge in [0.25, 0.3) is 0 Å². The molecule has 0 fully saturated rings. The lowest BCUT2D eigenvalue weighted by Crippen LogP contribution is -1.98. The van der Waals surface area contributed by atoms with Crippen molar-refractivity contribution in [2.45, 2.75) is 0 Å². The number of hydrogen-bond donors (Lipinski definition) is 1. The smallest absolute Gasteiger partial charge is 0.132 e. The van der Waals surface area contributed by atoms with Gasteiger partial charge < -0.3 is 10.1 Å². The average Bonchev–Trinajstić information content (AvgIpc) is 2.75. The summed E-state index contributed by atoms with van der Waals surface area (Å²) in [6, 6.07) is 17.5. The number of para-hydroxylation sites is 1. The highest BCUT2D eigenvalue weighted by Gasteiger charge is 2.07. The molecule has 0 atom stereocenters. The van der Waals surface area contributed by atoms with Crippen LogP contribution in [0.15, 0.2) is 79.4 Å². The van der Waals surface area contributed by atoms with Crippen molar-refractivity contribution in [2.75, 3.05) is 12.4 Å². The molecule has 1 aromatic carbocycles. The van der Waals surface area contributed by atoms with Crippen LogP contribution < -0.4 is 10.1 Å². The standard InChI is InChI=1S/C21H17N5O/c1-27-19-7-3-2-5-16(19)15-9-10-20(24-13-15)26-21-8-4-6-17(25-21)18-14-22-11-12-23-18/h2-14H,1H3,(H,24,25,26). The Morgan fingerprint density at radius 2 is 1.70 bits per heavy atom. The fourth-order valence-electron chi connectivity index (χ4n) is 2.72. The average molecular weight is 355 g/mol. The highest BCUT2D eigenvalue weighted by atomic mass is 16.5. The molecule has 0 aliphatic carbocycles. The zero-order valence-electron chi connectivity index (χ0n) is 14.7. The van der Waals surface area contributed by atoms with E-state index in [0.29, 0.717) is 11.6 Å². The third-order valence-corrected chi connectivity index (χ3v) is 4.01. The van der Waals surface area contributed by atoms with Gasteiger partial charge in [-0.2, -0.15) is 0 Å². The van der Waals surface area contributed by atoms with Crippen LogP contribution in [-0.4, -0.2) is 27.0 Å². The number of nitrogens with one attached hydrogen (secondary N) is 1. The fourth-order valence-corrected chi connectivity index (χ4v) is 2.72. The van der Waals surface area contributed by atoms with E-state index in [0.717, 1.165) is 28.3 Å². The third-order valence-electron chi connectivity index (χ3n) is 4.01. The molecule has 4 aromatic rings. The SMILES string of the molecule is COc1ccccc1-c1ccc(Nc2cccc(-c3cnccn3)n2)nc1. The summed E-state index contributed by atoms with van der Waals surface area (Å²) in [4.78, 5) is 17.4. The number of aromatic nitrogens is 4. The van der Waals surface area contributed by atoms with Gasteiger partial charge in [0.1, 0.15) is 23.1 Å². The molecule has 0 amide bonds. The van der Waals surface area contributed by atoms with Crippen LogP contribution in [0.1, 0.15) is 0 Å². The summed E-state index contributed by atoms with van der Waals surface area (Å²) < 4.78 is 5.42. The molecule has 6 heteroatoms. The van der Waals surface area contributed by atoms with Gasteiger partial charge >= 0.3 is 0 Å². The van der Waals surface area contributed by atoms with Gasteiger partial charge in [-0.25, -0.2) is 9.97 Å². The van der Waals surface area contributed by atoms with Crippen molar-refractivity contribution in [1.29, 1.82) is 0 Å². The number of rotatable bonds is 5. The monoisotopic (exact) mass is 355 g/mol. The van der Waals surface area contributed by atoms with Crippen LogP contribution in [0.4, 0.5) is 11.6 Å². The van der Waals surface area contributed by atoms with E-state index in [2.05, 4.69) is 25.3 Å².